The Morgan fingerprint density at radius 2 is 1.58 bits per heavy atom. The summed E-state index contributed by atoms with van der Waals surface area (Å²) in [4.78, 5) is 6.96. The highest BCUT2D eigenvalue weighted by molar-refractivity contribution is 8.03. The summed E-state index contributed by atoms with van der Waals surface area (Å²) < 4.78 is 5.83. The molecule has 0 N–H and O–H groups in total. The number of furan rings is 1. The van der Waals surface area contributed by atoms with E-state index in [2.05, 4.69) is 83.1 Å². The van der Waals surface area contributed by atoms with Crippen molar-refractivity contribution in [3.8, 4) is 6.07 Å². The lowest BCUT2D eigenvalue weighted by Gasteiger charge is -2.48. The lowest BCUT2D eigenvalue weighted by Crippen LogP contribution is -2.51. The Morgan fingerprint density at radius 3 is 2.15 bits per heavy atom. The second-order valence-corrected chi connectivity index (χ2v) is 9.33. The van der Waals surface area contributed by atoms with Crippen molar-refractivity contribution in [2.24, 2.45) is 0 Å². The maximum absolute atomic E-state index is 10.3. The quantitative estimate of drug-likeness (QED) is 0.460. The maximum atomic E-state index is 10.3. The largest absolute Gasteiger partial charge is 0.467 e. The molecule has 0 saturated carbocycles. The Hall–Kier alpha value is -3.30. The van der Waals surface area contributed by atoms with E-state index in [4.69, 9.17) is 4.42 Å². The van der Waals surface area contributed by atoms with Crippen molar-refractivity contribution in [1.82, 2.24) is 4.90 Å². The van der Waals surface area contributed by atoms with Crippen LogP contribution in [0.5, 0.6) is 0 Å². The molecule has 6 heteroatoms. The average Bonchev–Trinajstić information content (AvgIpc) is 3.42. The molecule has 1 atom stereocenters. The van der Waals surface area contributed by atoms with E-state index in [-0.39, 0.29) is 6.04 Å². The number of hydrogen-bond acceptors (Lipinski definition) is 6. The van der Waals surface area contributed by atoms with Crippen molar-refractivity contribution < 1.29 is 4.42 Å². The first-order valence-corrected chi connectivity index (χ1v) is 12.4. The molecule has 2 aromatic carbocycles. The summed E-state index contributed by atoms with van der Waals surface area (Å²) in [7, 11) is 0. The monoisotopic (exact) mass is 456 g/mol. The van der Waals surface area contributed by atoms with Gasteiger partial charge in [-0.1, -0.05) is 49.9 Å². The van der Waals surface area contributed by atoms with Gasteiger partial charge in [0.2, 0.25) is 0 Å². The first kappa shape index (κ1) is 21.5. The third-order valence-electron chi connectivity index (χ3n) is 6.44. The molecule has 0 unspecified atom stereocenters. The van der Waals surface area contributed by atoms with Crippen molar-refractivity contribution in [3.63, 3.8) is 0 Å². The summed E-state index contributed by atoms with van der Waals surface area (Å²) in [5.41, 5.74) is 5.70. The fourth-order valence-corrected chi connectivity index (χ4v) is 5.66. The summed E-state index contributed by atoms with van der Waals surface area (Å²) in [6.45, 7) is 5.77. The summed E-state index contributed by atoms with van der Waals surface area (Å²) >= 11 is 1.74. The number of benzene rings is 2. The van der Waals surface area contributed by atoms with Gasteiger partial charge in [-0.3, -0.25) is 0 Å². The van der Waals surface area contributed by atoms with E-state index in [1.165, 1.54) is 16.8 Å². The van der Waals surface area contributed by atoms with Crippen LogP contribution in [-0.4, -0.2) is 24.1 Å². The van der Waals surface area contributed by atoms with E-state index in [9.17, 15) is 5.26 Å². The standard InChI is InChI=1S/C27H28N4OS/c1-3-20-7-11-22(12-8-20)30-17-29-18-31(23-13-9-21(4-2)10-14-23)26(25-6-5-15-32-25)24(16-28)27(29)33-19-30/h5-15,26H,3-4,17-19H2,1-2H3/t26-/m0/s1. The zero-order valence-electron chi connectivity index (χ0n) is 19.1. The molecule has 0 aliphatic carbocycles. The van der Waals surface area contributed by atoms with Crippen LogP contribution in [0.4, 0.5) is 11.4 Å². The highest BCUT2D eigenvalue weighted by Gasteiger charge is 2.39. The van der Waals surface area contributed by atoms with Crippen molar-refractivity contribution in [3.05, 3.63) is 94.4 Å². The van der Waals surface area contributed by atoms with Gasteiger partial charge in [0.1, 0.15) is 17.9 Å². The van der Waals surface area contributed by atoms with Crippen LogP contribution in [0.1, 0.15) is 36.8 Å². The van der Waals surface area contributed by atoms with Crippen LogP contribution in [0, 0.1) is 11.3 Å². The molecule has 1 aromatic heterocycles. The van der Waals surface area contributed by atoms with Gasteiger partial charge in [0.25, 0.3) is 0 Å². The van der Waals surface area contributed by atoms with Crippen LogP contribution in [0.25, 0.3) is 0 Å². The lowest BCUT2D eigenvalue weighted by molar-refractivity contribution is 0.314. The molecule has 3 heterocycles. The summed E-state index contributed by atoms with van der Waals surface area (Å²) in [6, 6.07) is 23.7. The number of nitriles is 1. The van der Waals surface area contributed by atoms with Crippen molar-refractivity contribution in [2.45, 2.75) is 32.7 Å². The zero-order valence-corrected chi connectivity index (χ0v) is 19.9. The third-order valence-corrected chi connectivity index (χ3v) is 7.64. The molecule has 33 heavy (non-hydrogen) atoms. The van der Waals surface area contributed by atoms with Gasteiger partial charge in [0, 0.05) is 11.4 Å². The van der Waals surface area contributed by atoms with Crippen molar-refractivity contribution in [2.75, 3.05) is 29.0 Å². The summed E-state index contributed by atoms with van der Waals surface area (Å²) in [5, 5.41) is 11.3. The second kappa shape index (κ2) is 9.29. The average molecular weight is 457 g/mol. The molecular formula is C27H28N4OS. The SMILES string of the molecule is CCc1ccc(N2CSC3=C(C#N)[C@@H](c4ccco4)N(c4ccc(CC)cc4)CN3C2)cc1. The van der Waals surface area contributed by atoms with Gasteiger partial charge in [0.15, 0.2) is 0 Å². The van der Waals surface area contributed by atoms with Crippen molar-refractivity contribution >= 4 is 23.1 Å². The number of aryl methyl sites for hydroxylation is 2. The van der Waals surface area contributed by atoms with Gasteiger partial charge in [0.05, 0.1) is 36.1 Å². The molecule has 1 saturated heterocycles. The summed E-state index contributed by atoms with van der Waals surface area (Å²) in [6.07, 6.45) is 3.74. The Bertz CT molecular complexity index is 1160. The highest BCUT2D eigenvalue weighted by Crippen LogP contribution is 2.44. The van der Waals surface area contributed by atoms with E-state index < -0.39 is 0 Å². The summed E-state index contributed by atoms with van der Waals surface area (Å²) in [5.74, 6) is 1.62. The number of thioether (sulfide) groups is 1. The molecule has 0 amide bonds. The van der Waals surface area contributed by atoms with E-state index >= 15 is 0 Å². The highest BCUT2D eigenvalue weighted by atomic mass is 32.2. The molecule has 2 aliphatic rings. The predicted molar refractivity (Wildman–Crippen MR) is 135 cm³/mol. The topological polar surface area (TPSA) is 46.7 Å². The molecular weight excluding hydrogens is 428 g/mol. The zero-order chi connectivity index (χ0) is 22.8. The fraction of sp³-hybridized carbons (Fsp3) is 0.296. The van der Waals surface area contributed by atoms with Crippen LogP contribution in [0.15, 0.2) is 81.9 Å². The van der Waals surface area contributed by atoms with Crippen LogP contribution < -0.4 is 9.80 Å². The smallest absolute Gasteiger partial charge is 0.131 e. The second-order valence-electron chi connectivity index (χ2n) is 8.39. The normalized spacial score (nSPS) is 18.3. The number of anilines is 2. The molecule has 5 rings (SSSR count). The Labute approximate surface area is 199 Å². The number of nitrogens with zero attached hydrogens (tertiary/aromatic N) is 4. The Kier molecular flexibility index (Phi) is 6.06. The molecule has 0 radical (unpaired) electrons. The fourth-order valence-electron chi connectivity index (χ4n) is 4.54. The molecule has 0 bridgehead atoms. The molecule has 0 spiro atoms. The van der Waals surface area contributed by atoms with Crippen LogP contribution in [0.3, 0.4) is 0 Å². The number of hydrogen-bond donors (Lipinski definition) is 0. The first-order valence-electron chi connectivity index (χ1n) is 11.5. The molecule has 2 aliphatic heterocycles. The van der Waals surface area contributed by atoms with E-state index in [1.54, 1.807) is 18.0 Å². The third kappa shape index (κ3) is 4.09. The molecule has 3 aromatic rings. The minimum absolute atomic E-state index is 0.230. The lowest BCUT2D eigenvalue weighted by atomic mass is 10.0. The first-order chi connectivity index (χ1) is 16.2. The van der Waals surface area contributed by atoms with Gasteiger partial charge in [-0.15, -0.1) is 0 Å². The van der Waals surface area contributed by atoms with Crippen LogP contribution in [-0.2, 0) is 12.8 Å². The van der Waals surface area contributed by atoms with Crippen LogP contribution >= 0.6 is 11.8 Å². The van der Waals surface area contributed by atoms with E-state index in [0.29, 0.717) is 6.67 Å². The Morgan fingerprint density at radius 1 is 0.909 bits per heavy atom. The van der Waals surface area contributed by atoms with E-state index in [0.717, 1.165) is 47.4 Å². The number of rotatable bonds is 5. The molecule has 168 valence electrons. The van der Waals surface area contributed by atoms with Gasteiger partial charge in [-0.05, 0) is 60.4 Å². The van der Waals surface area contributed by atoms with E-state index in [1.807, 2.05) is 12.1 Å². The molecule has 5 nitrogen and oxygen atoms in total. The minimum Gasteiger partial charge on any atom is -0.467 e. The van der Waals surface area contributed by atoms with Gasteiger partial charge < -0.3 is 19.1 Å². The Balaban J connectivity index is 1.51. The van der Waals surface area contributed by atoms with Gasteiger partial charge in [-0.25, -0.2) is 0 Å². The van der Waals surface area contributed by atoms with Crippen LogP contribution in [0.2, 0.25) is 0 Å². The van der Waals surface area contributed by atoms with Crippen molar-refractivity contribution in [1.29, 1.82) is 5.26 Å². The number of fused-ring (bicyclic) bond motifs is 1. The predicted octanol–water partition coefficient (Wildman–Crippen LogP) is 6.13. The van der Waals surface area contributed by atoms with Gasteiger partial charge in [-0.2, -0.15) is 5.26 Å². The minimum atomic E-state index is -0.230. The van der Waals surface area contributed by atoms with Gasteiger partial charge >= 0.3 is 0 Å². The molecule has 1 fully saturated rings. The maximum Gasteiger partial charge on any atom is 0.131 e.